The van der Waals surface area contributed by atoms with Gasteiger partial charge >= 0.3 is 0 Å². The first-order valence-corrected chi connectivity index (χ1v) is 12.0. The second-order valence-corrected chi connectivity index (χ2v) is 8.85. The highest BCUT2D eigenvalue weighted by Gasteiger charge is 2.22. The average Bonchev–Trinajstić information content (AvgIpc) is 3.61. The number of nitrogens with zero attached hydrogens (tertiary/aromatic N) is 5. The molecule has 0 radical (unpaired) electrons. The van der Waals surface area contributed by atoms with Crippen molar-refractivity contribution < 1.29 is 13.7 Å². The van der Waals surface area contributed by atoms with Crippen LogP contribution in [0.4, 0.5) is 4.39 Å². The molecular formula is C24H24FN5O2S. The lowest BCUT2D eigenvalue weighted by molar-refractivity contribution is 0.0953. The van der Waals surface area contributed by atoms with Gasteiger partial charge in [-0.05, 0) is 49.1 Å². The molecule has 1 fully saturated rings. The van der Waals surface area contributed by atoms with Crippen LogP contribution in [0, 0.1) is 5.82 Å². The van der Waals surface area contributed by atoms with Gasteiger partial charge in [0.2, 0.25) is 11.7 Å². The highest BCUT2D eigenvalue weighted by Crippen LogP contribution is 2.29. The van der Waals surface area contributed by atoms with Crippen molar-refractivity contribution in [2.75, 3.05) is 6.61 Å². The summed E-state index contributed by atoms with van der Waals surface area (Å²) in [4.78, 5) is 4.54. The van der Waals surface area contributed by atoms with Crippen molar-refractivity contribution in [3.05, 3.63) is 65.8 Å². The van der Waals surface area contributed by atoms with Gasteiger partial charge in [0.05, 0.1) is 18.4 Å². The molecule has 33 heavy (non-hydrogen) atoms. The van der Waals surface area contributed by atoms with E-state index < -0.39 is 0 Å². The van der Waals surface area contributed by atoms with Gasteiger partial charge in [-0.15, -0.1) is 10.2 Å². The van der Waals surface area contributed by atoms with Crippen LogP contribution in [-0.4, -0.2) is 37.6 Å². The third kappa shape index (κ3) is 4.99. The monoisotopic (exact) mass is 465 g/mol. The van der Waals surface area contributed by atoms with E-state index in [-0.39, 0.29) is 11.9 Å². The minimum absolute atomic E-state index is 0.112. The Morgan fingerprint density at radius 3 is 2.58 bits per heavy atom. The number of hydrogen-bond donors (Lipinski definition) is 0. The summed E-state index contributed by atoms with van der Waals surface area (Å²) in [7, 11) is 0. The van der Waals surface area contributed by atoms with Crippen LogP contribution in [-0.2, 0) is 23.5 Å². The van der Waals surface area contributed by atoms with E-state index in [1.54, 1.807) is 12.1 Å². The van der Waals surface area contributed by atoms with Crippen molar-refractivity contribution >= 4 is 11.8 Å². The largest absolute Gasteiger partial charge is 0.376 e. The molecule has 0 amide bonds. The molecule has 1 saturated heterocycles. The number of hydrogen-bond acceptors (Lipinski definition) is 7. The molecule has 1 aliphatic heterocycles. The first kappa shape index (κ1) is 21.8. The number of rotatable bonds is 8. The summed E-state index contributed by atoms with van der Waals surface area (Å²) in [5.74, 6) is 1.96. The van der Waals surface area contributed by atoms with Crippen LogP contribution >= 0.6 is 11.8 Å². The Hall–Kier alpha value is -3.04. The van der Waals surface area contributed by atoms with E-state index in [9.17, 15) is 4.39 Å². The maximum Gasteiger partial charge on any atom is 0.237 e. The Labute approximate surface area is 195 Å². The van der Waals surface area contributed by atoms with E-state index in [0.717, 1.165) is 42.2 Å². The Morgan fingerprint density at radius 2 is 1.85 bits per heavy atom. The lowest BCUT2D eigenvalue weighted by Gasteiger charge is -2.14. The first-order valence-electron chi connectivity index (χ1n) is 11.0. The van der Waals surface area contributed by atoms with Gasteiger partial charge in [-0.3, -0.25) is 4.57 Å². The lowest BCUT2D eigenvalue weighted by atomic mass is 10.1. The maximum atomic E-state index is 13.4. The molecule has 0 saturated carbocycles. The zero-order valence-corrected chi connectivity index (χ0v) is 19.1. The molecule has 2 aromatic carbocycles. The van der Waals surface area contributed by atoms with Gasteiger partial charge in [0.15, 0.2) is 11.0 Å². The van der Waals surface area contributed by atoms with Crippen LogP contribution in [0.2, 0.25) is 0 Å². The number of thioether (sulfide) groups is 1. The molecule has 1 aliphatic rings. The van der Waals surface area contributed by atoms with Gasteiger partial charge in [0.1, 0.15) is 5.82 Å². The Balaban J connectivity index is 1.34. The maximum absolute atomic E-state index is 13.4. The number of aromatic nitrogens is 5. The van der Waals surface area contributed by atoms with Crippen LogP contribution in [0.5, 0.6) is 0 Å². The highest BCUT2D eigenvalue weighted by atomic mass is 32.2. The van der Waals surface area contributed by atoms with E-state index in [0.29, 0.717) is 29.8 Å². The number of aryl methyl sites for hydroxylation is 1. The fourth-order valence-corrected chi connectivity index (χ4v) is 4.60. The van der Waals surface area contributed by atoms with Crippen molar-refractivity contribution in [3.8, 4) is 22.8 Å². The van der Waals surface area contributed by atoms with Crippen molar-refractivity contribution in [3.63, 3.8) is 0 Å². The third-order valence-corrected chi connectivity index (χ3v) is 6.59. The molecule has 2 aromatic heterocycles. The van der Waals surface area contributed by atoms with Crippen LogP contribution in [0.15, 0.2) is 58.2 Å². The lowest BCUT2D eigenvalue weighted by Crippen LogP contribution is -2.16. The predicted molar refractivity (Wildman–Crippen MR) is 123 cm³/mol. The normalized spacial score (nSPS) is 15.9. The van der Waals surface area contributed by atoms with Gasteiger partial charge in [-0.1, -0.05) is 48.1 Å². The summed E-state index contributed by atoms with van der Waals surface area (Å²) in [6.07, 6.45) is 3.14. The Kier molecular flexibility index (Phi) is 6.50. The molecule has 9 heteroatoms. The zero-order valence-electron chi connectivity index (χ0n) is 18.3. The molecule has 5 rings (SSSR count). The van der Waals surface area contributed by atoms with Gasteiger partial charge in [-0.25, -0.2) is 4.39 Å². The summed E-state index contributed by atoms with van der Waals surface area (Å²) >= 11 is 1.48. The zero-order chi connectivity index (χ0) is 22.6. The fourth-order valence-electron chi connectivity index (χ4n) is 3.81. The standard InChI is InChI=1S/C24H24FN5O2S/c1-2-16-5-7-17(8-6-16)22-26-21(32-29-22)15-33-24-28-27-23(18-9-11-19(25)12-10-18)30(24)14-20-4-3-13-31-20/h5-12,20H,2-4,13-15H2,1H3. The quantitative estimate of drug-likeness (QED) is 0.332. The van der Waals surface area contributed by atoms with Crippen molar-refractivity contribution in [2.45, 2.75) is 49.7 Å². The van der Waals surface area contributed by atoms with Gasteiger partial charge in [0.25, 0.3) is 0 Å². The second kappa shape index (κ2) is 9.84. The third-order valence-electron chi connectivity index (χ3n) is 5.64. The Bertz CT molecular complexity index is 1200. The molecule has 1 unspecified atom stereocenters. The predicted octanol–water partition coefficient (Wildman–Crippen LogP) is 5.17. The summed E-state index contributed by atoms with van der Waals surface area (Å²) < 4.78 is 26.8. The summed E-state index contributed by atoms with van der Waals surface area (Å²) in [6, 6.07) is 14.5. The van der Waals surface area contributed by atoms with Crippen LogP contribution in [0.3, 0.4) is 0 Å². The molecule has 3 heterocycles. The van der Waals surface area contributed by atoms with E-state index in [1.165, 1.54) is 29.5 Å². The summed E-state index contributed by atoms with van der Waals surface area (Å²) in [6.45, 7) is 3.53. The molecule has 170 valence electrons. The van der Waals surface area contributed by atoms with E-state index in [2.05, 4.69) is 39.4 Å². The SMILES string of the molecule is CCc1ccc(-c2noc(CSc3nnc(-c4ccc(F)cc4)n3CC3CCCO3)n2)cc1. The molecule has 0 N–H and O–H groups in total. The van der Waals surface area contributed by atoms with Crippen LogP contribution < -0.4 is 0 Å². The molecular weight excluding hydrogens is 441 g/mol. The number of halogens is 1. The molecule has 0 bridgehead atoms. The molecule has 4 aromatic rings. The average molecular weight is 466 g/mol. The molecule has 7 nitrogen and oxygen atoms in total. The molecule has 1 atom stereocenters. The number of ether oxygens (including phenoxy) is 1. The van der Waals surface area contributed by atoms with E-state index >= 15 is 0 Å². The summed E-state index contributed by atoms with van der Waals surface area (Å²) in [5, 5.41) is 13.6. The van der Waals surface area contributed by atoms with Crippen molar-refractivity contribution in [1.29, 1.82) is 0 Å². The van der Waals surface area contributed by atoms with E-state index in [4.69, 9.17) is 9.26 Å². The minimum Gasteiger partial charge on any atom is -0.376 e. The summed E-state index contributed by atoms with van der Waals surface area (Å²) in [5.41, 5.74) is 3.00. The smallest absolute Gasteiger partial charge is 0.237 e. The Morgan fingerprint density at radius 1 is 1.06 bits per heavy atom. The van der Waals surface area contributed by atoms with Gasteiger partial charge < -0.3 is 9.26 Å². The number of benzene rings is 2. The van der Waals surface area contributed by atoms with Gasteiger partial charge in [0, 0.05) is 17.7 Å². The minimum atomic E-state index is -0.282. The molecule has 0 spiro atoms. The topological polar surface area (TPSA) is 78.9 Å². The van der Waals surface area contributed by atoms with E-state index in [1.807, 2.05) is 16.7 Å². The highest BCUT2D eigenvalue weighted by molar-refractivity contribution is 7.98. The second-order valence-electron chi connectivity index (χ2n) is 7.91. The molecule has 0 aliphatic carbocycles. The van der Waals surface area contributed by atoms with Crippen molar-refractivity contribution in [1.82, 2.24) is 24.9 Å². The fraction of sp³-hybridized carbons (Fsp3) is 0.333. The van der Waals surface area contributed by atoms with Crippen LogP contribution in [0.25, 0.3) is 22.8 Å². The van der Waals surface area contributed by atoms with Crippen LogP contribution in [0.1, 0.15) is 31.2 Å². The first-order chi connectivity index (χ1) is 16.2. The van der Waals surface area contributed by atoms with Gasteiger partial charge in [-0.2, -0.15) is 4.98 Å². The van der Waals surface area contributed by atoms with Crippen molar-refractivity contribution in [2.24, 2.45) is 0 Å².